The summed E-state index contributed by atoms with van der Waals surface area (Å²) in [6, 6.07) is 0. The van der Waals surface area contributed by atoms with Gasteiger partial charge in [0.15, 0.2) is 0 Å². The third-order valence-corrected chi connectivity index (χ3v) is 4.31. The molecule has 0 saturated carbocycles. The maximum atomic E-state index is 12.4. The number of likely N-dealkylation sites (tertiary alicyclic amines) is 1. The van der Waals surface area contributed by atoms with Crippen LogP contribution in [0.3, 0.4) is 0 Å². The van der Waals surface area contributed by atoms with Gasteiger partial charge in [0.05, 0.1) is 5.54 Å². The summed E-state index contributed by atoms with van der Waals surface area (Å²) in [4.78, 5) is 11.9. The molecule has 9 heteroatoms. The first-order chi connectivity index (χ1) is 8.76. The minimum Gasteiger partial charge on any atom is -0.333 e. The molecule has 2 rings (SSSR count). The maximum Gasteiger partial charge on any atom is 0.471 e. The van der Waals surface area contributed by atoms with E-state index in [0.29, 0.717) is 11.4 Å². The van der Waals surface area contributed by atoms with Crippen LogP contribution in [0.25, 0.3) is 0 Å². The van der Waals surface area contributed by atoms with Crippen LogP contribution in [0.2, 0.25) is 0 Å². The molecule has 2 N–H and O–H groups in total. The van der Waals surface area contributed by atoms with Gasteiger partial charge in [0, 0.05) is 13.1 Å². The van der Waals surface area contributed by atoms with E-state index < -0.39 is 17.6 Å². The Balaban J connectivity index is 2.14. The summed E-state index contributed by atoms with van der Waals surface area (Å²) >= 11 is 1.28. The van der Waals surface area contributed by atoms with Gasteiger partial charge in [0.25, 0.3) is 0 Å². The van der Waals surface area contributed by atoms with Gasteiger partial charge in [0.1, 0.15) is 10.0 Å². The molecule has 1 amide bonds. The summed E-state index contributed by atoms with van der Waals surface area (Å²) in [5.41, 5.74) is 5.04. The second-order valence-corrected chi connectivity index (χ2v) is 5.55. The number of alkyl halides is 3. The highest BCUT2D eigenvalue weighted by atomic mass is 32.1. The van der Waals surface area contributed by atoms with Crippen molar-refractivity contribution < 1.29 is 18.0 Å². The maximum absolute atomic E-state index is 12.4. The van der Waals surface area contributed by atoms with Gasteiger partial charge in [-0.1, -0.05) is 18.3 Å². The fourth-order valence-electron chi connectivity index (χ4n) is 1.96. The van der Waals surface area contributed by atoms with Crippen molar-refractivity contribution in [1.29, 1.82) is 0 Å². The van der Waals surface area contributed by atoms with Gasteiger partial charge < -0.3 is 10.6 Å². The average Bonchev–Trinajstić information content (AvgIpc) is 2.94. The number of hydrogen-bond acceptors (Lipinski definition) is 5. The van der Waals surface area contributed by atoms with Gasteiger partial charge in [0.2, 0.25) is 0 Å². The van der Waals surface area contributed by atoms with E-state index in [4.69, 9.17) is 5.73 Å². The number of nitrogens with zero attached hydrogens (tertiary/aromatic N) is 3. The van der Waals surface area contributed by atoms with E-state index in [9.17, 15) is 18.0 Å². The van der Waals surface area contributed by atoms with Crippen LogP contribution in [-0.4, -0.2) is 40.3 Å². The van der Waals surface area contributed by atoms with E-state index in [1.165, 1.54) is 11.3 Å². The number of carbonyl (C=O) groups excluding carboxylic acids is 1. The smallest absolute Gasteiger partial charge is 0.333 e. The second-order valence-electron chi connectivity index (χ2n) is 4.49. The highest BCUT2D eigenvalue weighted by molar-refractivity contribution is 7.11. The van der Waals surface area contributed by atoms with Crippen molar-refractivity contribution in [3.63, 3.8) is 0 Å². The average molecular weight is 294 g/mol. The van der Waals surface area contributed by atoms with Crippen LogP contribution in [0.5, 0.6) is 0 Å². The fourth-order valence-corrected chi connectivity index (χ4v) is 2.86. The molecule has 1 fully saturated rings. The molecule has 1 aromatic heterocycles. The topological polar surface area (TPSA) is 72.1 Å². The summed E-state index contributed by atoms with van der Waals surface area (Å²) in [5.74, 6) is -1.85. The van der Waals surface area contributed by atoms with E-state index in [-0.39, 0.29) is 19.5 Å². The van der Waals surface area contributed by atoms with Gasteiger partial charge >= 0.3 is 12.1 Å². The molecule has 2 heterocycles. The van der Waals surface area contributed by atoms with E-state index in [2.05, 4.69) is 10.2 Å². The molecule has 0 bridgehead atoms. The standard InChI is InChI=1S/C10H13F3N4OS/c1-2-6-15-16-7(19-6)9(14)3-4-17(5-9)8(18)10(11,12)13/h2-5,14H2,1H3. The zero-order chi connectivity index (χ0) is 14.3. The van der Waals surface area contributed by atoms with Gasteiger partial charge in [-0.15, -0.1) is 10.2 Å². The van der Waals surface area contributed by atoms with Crippen LogP contribution in [-0.2, 0) is 16.8 Å². The van der Waals surface area contributed by atoms with Crippen LogP contribution in [0.1, 0.15) is 23.4 Å². The molecule has 1 unspecified atom stereocenters. The SMILES string of the molecule is CCc1nnc(C2(N)CCN(C(=O)C(F)(F)F)C2)s1. The summed E-state index contributed by atoms with van der Waals surface area (Å²) < 4.78 is 37.1. The molecule has 1 aromatic rings. The first-order valence-corrected chi connectivity index (χ1v) is 6.56. The largest absolute Gasteiger partial charge is 0.471 e. The van der Waals surface area contributed by atoms with Crippen molar-refractivity contribution >= 4 is 17.2 Å². The highest BCUT2D eigenvalue weighted by Gasteiger charge is 2.48. The molecule has 0 radical (unpaired) electrons. The number of halogens is 3. The van der Waals surface area contributed by atoms with Crippen molar-refractivity contribution in [3.05, 3.63) is 10.0 Å². The molecule has 1 aliphatic heterocycles. The number of carbonyl (C=O) groups is 1. The molecular weight excluding hydrogens is 281 g/mol. The predicted octanol–water partition coefficient (Wildman–Crippen LogP) is 1.05. The van der Waals surface area contributed by atoms with Gasteiger partial charge in [-0.2, -0.15) is 13.2 Å². The van der Waals surface area contributed by atoms with Crippen LogP contribution in [0, 0.1) is 0 Å². The molecular formula is C10H13F3N4OS. The molecule has 5 nitrogen and oxygen atoms in total. The molecule has 0 spiro atoms. The lowest BCUT2D eigenvalue weighted by Gasteiger charge is -2.22. The van der Waals surface area contributed by atoms with Crippen LogP contribution < -0.4 is 5.73 Å². The minimum atomic E-state index is -4.86. The lowest BCUT2D eigenvalue weighted by Crippen LogP contribution is -2.44. The lowest BCUT2D eigenvalue weighted by atomic mass is 10.0. The van der Waals surface area contributed by atoms with E-state index in [1.807, 2.05) is 6.92 Å². The second kappa shape index (κ2) is 4.71. The van der Waals surface area contributed by atoms with E-state index >= 15 is 0 Å². The van der Waals surface area contributed by atoms with Crippen molar-refractivity contribution in [2.45, 2.75) is 31.5 Å². The predicted molar refractivity (Wildman–Crippen MR) is 62.4 cm³/mol. The Morgan fingerprint density at radius 2 is 2.21 bits per heavy atom. The number of rotatable bonds is 2. The first-order valence-electron chi connectivity index (χ1n) is 5.74. The summed E-state index contributed by atoms with van der Waals surface area (Å²) in [6.07, 6.45) is -3.91. The van der Waals surface area contributed by atoms with E-state index in [1.54, 1.807) is 0 Å². The number of nitrogens with two attached hydrogens (primary N) is 1. The molecule has 106 valence electrons. The summed E-state index contributed by atoms with van der Waals surface area (Å²) in [5, 5.41) is 9.09. The third-order valence-electron chi connectivity index (χ3n) is 3.03. The van der Waals surface area contributed by atoms with Crippen molar-refractivity contribution in [1.82, 2.24) is 15.1 Å². The number of amides is 1. The van der Waals surface area contributed by atoms with Gasteiger partial charge in [-0.25, -0.2) is 0 Å². The van der Waals surface area contributed by atoms with Crippen LogP contribution in [0.15, 0.2) is 0 Å². The summed E-state index contributed by atoms with van der Waals surface area (Å²) in [7, 11) is 0. The van der Waals surface area contributed by atoms with Crippen molar-refractivity contribution in [2.75, 3.05) is 13.1 Å². The molecule has 1 aliphatic rings. The molecule has 0 aliphatic carbocycles. The molecule has 19 heavy (non-hydrogen) atoms. The molecule has 0 aromatic carbocycles. The van der Waals surface area contributed by atoms with Crippen LogP contribution >= 0.6 is 11.3 Å². The Hall–Kier alpha value is -1.22. The molecule has 1 saturated heterocycles. The zero-order valence-corrected chi connectivity index (χ0v) is 11.0. The normalized spacial score (nSPS) is 23.9. The fraction of sp³-hybridized carbons (Fsp3) is 0.700. The highest BCUT2D eigenvalue weighted by Crippen LogP contribution is 2.33. The van der Waals surface area contributed by atoms with E-state index in [0.717, 1.165) is 9.91 Å². The third kappa shape index (κ3) is 2.71. The Bertz CT molecular complexity index is 489. The van der Waals surface area contributed by atoms with Gasteiger partial charge in [-0.3, -0.25) is 4.79 Å². The Morgan fingerprint density at radius 3 is 2.74 bits per heavy atom. The summed E-state index contributed by atoms with van der Waals surface area (Å²) in [6.45, 7) is 1.71. The monoisotopic (exact) mass is 294 g/mol. The van der Waals surface area contributed by atoms with Crippen molar-refractivity contribution in [3.8, 4) is 0 Å². The number of aromatic nitrogens is 2. The Kier molecular flexibility index (Phi) is 3.52. The van der Waals surface area contributed by atoms with Crippen LogP contribution in [0.4, 0.5) is 13.2 Å². The Labute approximate surface area is 111 Å². The van der Waals surface area contributed by atoms with Gasteiger partial charge in [-0.05, 0) is 12.8 Å². The lowest BCUT2D eigenvalue weighted by molar-refractivity contribution is -0.184. The first kappa shape index (κ1) is 14.2. The van der Waals surface area contributed by atoms with Crippen molar-refractivity contribution in [2.24, 2.45) is 5.73 Å². The zero-order valence-electron chi connectivity index (χ0n) is 10.2. The Morgan fingerprint density at radius 1 is 1.53 bits per heavy atom. The number of aryl methyl sites for hydroxylation is 1. The number of hydrogen-bond donors (Lipinski definition) is 1. The quantitative estimate of drug-likeness (QED) is 0.885. The minimum absolute atomic E-state index is 0.0180. The molecule has 1 atom stereocenters.